The van der Waals surface area contributed by atoms with Gasteiger partial charge in [-0.05, 0) is 36.8 Å². The SMILES string of the molecule is CCOc1ccccc1OCC(=O)N(C)Cc1ccc(C(=O)O)cc1. The monoisotopic (exact) mass is 343 g/mol. The second kappa shape index (κ2) is 8.73. The molecule has 6 heteroatoms. The van der Waals surface area contributed by atoms with E-state index in [9.17, 15) is 9.59 Å². The zero-order chi connectivity index (χ0) is 18.2. The molecule has 2 rings (SSSR count). The fourth-order valence-electron chi connectivity index (χ4n) is 2.21. The van der Waals surface area contributed by atoms with Crippen molar-refractivity contribution in [1.29, 1.82) is 0 Å². The predicted molar refractivity (Wildman–Crippen MR) is 93.0 cm³/mol. The minimum absolute atomic E-state index is 0.103. The number of benzene rings is 2. The van der Waals surface area contributed by atoms with Crippen LogP contribution in [0.1, 0.15) is 22.8 Å². The molecule has 0 saturated carbocycles. The summed E-state index contributed by atoms with van der Waals surface area (Å²) in [4.78, 5) is 24.6. The normalized spacial score (nSPS) is 10.2. The van der Waals surface area contributed by atoms with E-state index in [0.717, 1.165) is 5.56 Å². The number of aromatic carboxylic acids is 1. The maximum absolute atomic E-state index is 12.2. The summed E-state index contributed by atoms with van der Waals surface area (Å²) in [5, 5.41) is 8.89. The molecule has 0 saturated heterocycles. The van der Waals surface area contributed by atoms with Gasteiger partial charge in [-0.15, -0.1) is 0 Å². The summed E-state index contributed by atoms with van der Waals surface area (Å²) in [5.41, 5.74) is 1.06. The smallest absolute Gasteiger partial charge is 0.335 e. The third-order valence-electron chi connectivity index (χ3n) is 3.55. The van der Waals surface area contributed by atoms with Crippen LogP contribution >= 0.6 is 0 Å². The number of hydrogen-bond donors (Lipinski definition) is 1. The van der Waals surface area contributed by atoms with E-state index in [0.29, 0.717) is 24.7 Å². The van der Waals surface area contributed by atoms with Crippen LogP contribution in [-0.2, 0) is 11.3 Å². The Kier molecular flexibility index (Phi) is 6.39. The third kappa shape index (κ3) is 5.24. The van der Waals surface area contributed by atoms with Crippen molar-refractivity contribution >= 4 is 11.9 Å². The van der Waals surface area contributed by atoms with Crippen molar-refractivity contribution in [3.05, 3.63) is 59.7 Å². The fraction of sp³-hybridized carbons (Fsp3) is 0.263. The van der Waals surface area contributed by atoms with Gasteiger partial charge in [0.2, 0.25) is 0 Å². The van der Waals surface area contributed by atoms with Crippen LogP contribution in [0.3, 0.4) is 0 Å². The van der Waals surface area contributed by atoms with Crippen LogP contribution in [0.2, 0.25) is 0 Å². The molecule has 2 aromatic rings. The Balaban J connectivity index is 1.91. The summed E-state index contributed by atoms with van der Waals surface area (Å²) in [7, 11) is 1.67. The van der Waals surface area contributed by atoms with Gasteiger partial charge in [-0.3, -0.25) is 4.79 Å². The number of nitrogens with zero attached hydrogens (tertiary/aromatic N) is 1. The third-order valence-corrected chi connectivity index (χ3v) is 3.55. The Morgan fingerprint density at radius 2 is 1.60 bits per heavy atom. The van der Waals surface area contributed by atoms with Crippen LogP contribution in [0.25, 0.3) is 0 Å². The Bertz CT molecular complexity index is 727. The number of carbonyl (C=O) groups excluding carboxylic acids is 1. The van der Waals surface area contributed by atoms with E-state index in [1.165, 1.54) is 17.0 Å². The molecule has 1 amide bonds. The molecule has 0 fully saturated rings. The second-order valence-corrected chi connectivity index (χ2v) is 5.42. The lowest BCUT2D eigenvalue weighted by Gasteiger charge is -2.18. The molecule has 0 heterocycles. The van der Waals surface area contributed by atoms with Crippen molar-refractivity contribution in [2.24, 2.45) is 0 Å². The van der Waals surface area contributed by atoms with Gasteiger partial charge >= 0.3 is 5.97 Å². The standard InChI is InChI=1S/C19H21NO5/c1-3-24-16-6-4-5-7-17(16)25-13-18(21)20(2)12-14-8-10-15(11-9-14)19(22)23/h4-11H,3,12-13H2,1-2H3,(H,22,23). The van der Waals surface area contributed by atoms with Gasteiger partial charge in [0.05, 0.1) is 12.2 Å². The van der Waals surface area contributed by atoms with Crippen LogP contribution in [0.4, 0.5) is 0 Å². The maximum atomic E-state index is 12.2. The largest absolute Gasteiger partial charge is 0.490 e. The zero-order valence-electron chi connectivity index (χ0n) is 14.3. The molecule has 0 aliphatic heterocycles. The lowest BCUT2D eigenvalue weighted by molar-refractivity contribution is -0.132. The van der Waals surface area contributed by atoms with Crippen LogP contribution in [-0.4, -0.2) is 42.1 Å². The van der Waals surface area contributed by atoms with Crippen molar-refractivity contribution < 1.29 is 24.2 Å². The van der Waals surface area contributed by atoms with Crippen molar-refractivity contribution in [2.45, 2.75) is 13.5 Å². The van der Waals surface area contributed by atoms with E-state index in [1.54, 1.807) is 31.3 Å². The minimum Gasteiger partial charge on any atom is -0.490 e. The van der Waals surface area contributed by atoms with Crippen molar-refractivity contribution in [3.8, 4) is 11.5 Å². The number of carboxylic acid groups (broad SMARTS) is 1. The molecule has 25 heavy (non-hydrogen) atoms. The first-order valence-electron chi connectivity index (χ1n) is 7.92. The summed E-state index contributed by atoms with van der Waals surface area (Å²) in [6.45, 7) is 2.66. The van der Waals surface area contributed by atoms with Crippen LogP contribution in [0.15, 0.2) is 48.5 Å². The average Bonchev–Trinajstić information content (AvgIpc) is 2.61. The highest BCUT2D eigenvalue weighted by atomic mass is 16.5. The molecule has 0 aliphatic carbocycles. The molecule has 0 atom stereocenters. The van der Waals surface area contributed by atoms with E-state index in [4.69, 9.17) is 14.6 Å². The lowest BCUT2D eigenvalue weighted by Crippen LogP contribution is -2.31. The highest BCUT2D eigenvalue weighted by molar-refractivity contribution is 5.87. The molecule has 132 valence electrons. The molecular formula is C19H21NO5. The van der Waals surface area contributed by atoms with Gasteiger partial charge in [0.1, 0.15) is 0 Å². The molecule has 0 radical (unpaired) electrons. The number of ether oxygens (including phenoxy) is 2. The van der Waals surface area contributed by atoms with Gasteiger partial charge in [-0.1, -0.05) is 24.3 Å². The van der Waals surface area contributed by atoms with Crippen LogP contribution in [0.5, 0.6) is 11.5 Å². The Hall–Kier alpha value is -3.02. The molecule has 0 unspecified atom stereocenters. The zero-order valence-corrected chi connectivity index (χ0v) is 14.3. The maximum Gasteiger partial charge on any atom is 0.335 e. The van der Waals surface area contributed by atoms with E-state index in [1.807, 2.05) is 19.1 Å². The van der Waals surface area contributed by atoms with Crippen molar-refractivity contribution in [2.75, 3.05) is 20.3 Å². The Morgan fingerprint density at radius 3 is 2.16 bits per heavy atom. The summed E-state index contributed by atoms with van der Waals surface area (Å²) in [5.74, 6) is -0.0346. The molecule has 0 aliphatic rings. The van der Waals surface area contributed by atoms with Gasteiger partial charge in [0, 0.05) is 13.6 Å². The van der Waals surface area contributed by atoms with Crippen LogP contribution in [0, 0.1) is 0 Å². The number of carbonyl (C=O) groups is 2. The van der Waals surface area contributed by atoms with E-state index < -0.39 is 5.97 Å². The minimum atomic E-state index is -0.975. The Labute approximate surface area is 146 Å². The van der Waals surface area contributed by atoms with Crippen molar-refractivity contribution in [3.63, 3.8) is 0 Å². The first-order chi connectivity index (χ1) is 12.0. The van der Waals surface area contributed by atoms with E-state index in [-0.39, 0.29) is 18.1 Å². The van der Waals surface area contributed by atoms with Gasteiger partial charge in [0.25, 0.3) is 5.91 Å². The lowest BCUT2D eigenvalue weighted by atomic mass is 10.1. The number of amides is 1. The first kappa shape index (κ1) is 18.3. The summed E-state index contributed by atoms with van der Waals surface area (Å²) in [6.07, 6.45) is 0. The van der Waals surface area contributed by atoms with E-state index >= 15 is 0 Å². The topological polar surface area (TPSA) is 76.1 Å². The quantitative estimate of drug-likeness (QED) is 0.798. The molecule has 6 nitrogen and oxygen atoms in total. The van der Waals surface area contributed by atoms with Gasteiger partial charge in [-0.25, -0.2) is 4.79 Å². The summed E-state index contributed by atoms with van der Waals surface area (Å²) in [6, 6.07) is 13.6. The number of carboxylic acids is 1. The highest BCUT2D eigenvalue weighted by Crippen LogP contribution is 2.26. The number of hydrogen-bond acceptors (Lipinski definition) is 4. The second-order valence-electron chi connectivity index (χ2n) is 5.42. The molecule has 2 aromatic carbocycles. The average molecular weight is 343 g/mol. The molecule has 0 aromatic heterocycles. The number of para-hydroxylation sites is 2. The number of likely N-dealkylation sites (N-methyl/N-ethyl adjacent to an activating group) is 1. The van der Waals surface area contributed by atoms with Gasteiger partial charge < -0.3 is 19.5 Å². The van der Waals surface area contributed by atoms with Gasteiger partial charge in [0.15, 0.2) is 18.1 Å². The molecule has 1 N–H and O–H groups in total. The molecule has 0 spiro atoms. The van der Waals surface area contributed by atoms with Crippen molar-refractivity contribution in [1.82, 2.24) is 4.90 Å². The Morgan fingerprint density at radius 1 is 1.00 bits per heavy atom. The fourth-order valence-corrected chi connectivity index (χ4v) is 2.21. The van der Waals surface area contributed by atoms with Crippen LogP contribution < -0.4 is 9.47 Å². The van der Waals surface area contributed by atoms with Gasteiger partial charge in [-0.2, -0.15) is 0 Å². The molecule has 0 bridgehead atoms. The number of rotatable bonds is 8. The molecular weight excluding hydrogens is 322 g/mol. The highest BCUT2D eigenvalue weighted by Gasteiger charge is 2.12. The summed E-state index contributed by atoms with van der Waals surface area (Å²) >= 11 is 0. The van der Waals surface area contributed by atoms with E-state index in [2.05, 4.69) is 0 Å². The predicted octanol–water partition coefficient (Wildman–Crippen LogP) is 2.82. The summed E-state index contributed by atoms with van der Waals surface area (Å²) < 4.78 is 11.0. The first-order valence-corrected chi connectivity index (χ1v) is 7.92.